The molecule has 0 spiro atoms. The fraction of sp³-hybridized carbons (Fsp3) is 1.00. The van der Waals surface area contributed by atoms with Crippen LogP contribution in [0.3, 0.4) is 0 Å². The first-order chi connectivity index (χ1) is 8.04. The summed E-state index contributed by atoms with van der Waals surface area (Å²) in [7, 11) is 0. The molecule has 0 aromatic rings. The van der Waals surface area contributed by atoms with Crippen molar-refractivity contribution in [3.05, 3.63) is 0 Å². The van der Waals surface area contributed by atoms with E-state index in [0.29, 0.717) is 0 Å². The molecule has 0 amide bonds. The van der Waals surface area contributed by atoms with Gasteiger partial charge in [-0.3, -0.25) is 0 Å². The fourth-order valence-corrected chi connectivity index (χ4v) is 3.83. The van der Waals surface area contributed by atoms with Crippen LogP contribution in [0.5, 0.6) is 0 Å². The summed E-state index contributed by atoms with van der Waals surface area (Å²) in [6.45, 7) is 2.14. The van der Waals surface area contributed by atoms with Crippen LogP contribution in [0.4, 0.5) is 0 Å². The van der Waals surface area contributed by atoms with Crippen molar-refractivity contribution < 1.29 is 10.2 Å². The van der Waals surface area contributed by atoms with E-state index in [9.17, 15) is 10.2 Å². The smallest absolute Gasteiger partial charge is 0.0674 e. The van der Waals surface area contributed by atoms with E-state index in [1.165, 1.54) is 12.8 Å². The Kier molecular flexibility index (Phi) is 4.14. The van der Waals surface area contributed by atoms with Crippen LogP contribution in [0.2, 0.25) is 0 Å². The van der Waals surface area contributed by atoms with Crippen LogP contribution >= 0.6 is 0 Å². The number of rotatable bonds is 3. The Labute approximate surface area is 105 Å². The minimum absolute atomic E-state index is 0.242. The topological polar surface area (TPSA) is 40.5 Å². The summed E-state index contributed by atoms with van der Waals surface area (Å²) >= 11 is 0. The Balaban J connectivity index is 1.92. The van der Waals surface area contributed by atoms with E-state index in [-0.39, 0.29) is 5.92 Å². The van der Waals surface area contributed by atoms with Gasteiger partial charge >= 0.3 is 0 Å². The van der Waals surface area contributed by atoms with Crippen LogP contribution in [-0.2, 0) is 0 Å². The second-order valence-electron chi connectivity index (χ2n) is 6.55. The second kappa shape index (κ2) is 5.27. The average molecular weight is 240 g/mol. The van der Waals surface area contributed by atoms with Crippen molar-refractivity contribution in [2.75, 3.05) is 0 Å². The zero-order chi connectivity index (χ0) is 12.4. The third kappa shape index (κ3) is 3.23. The van der Waals surface area contributed by atoms with E-state index < -0.39 is 11.2 Å². The molecule has 100 valence electrons. The largest absolute Gasteiger partial charge is 0.390 e. The average Bonchev–Trinajstić information content (AvgIpc) is 2.30. The zero-order valence-electron chi connectivity index (χ0n) is 11.2. The highest BCUT2D eigenvalue weighted by molar-refractivity contribution is 4.93. The molecule has 0 aromatic heterocycles. The zero-order valence-corrected chi connectivity index (χ0v) is 11.2. The maximum Gasteiger partial charge on any atom is 0.0674 e. The third-order valence-electron chi connectivity index (χ3n) is 5.11. The molecule has 0 bridgehead atoms. The molecule has 2 fully saturated rings. The lowest BCUT2D eigenvalue weighted by atomic mass is 9.70. The van der Waals surface area contributed by atoms with Gasteiger partial charge in [-0.05, 0) is 38.0 Å². The number of hydrogen-bond acceptors (Lipinski definition) is 2. The normalized spacial score (nSPS) is 29.8. The van der Waals surface area contributed by atoms with Crippen molar-refractivity contribution >= 4 is 0 Å². The summed E-state index contributed by atoms with van der Waals surface area (Å²) < 4.78 is 0. The molecule has 2 heteroatoms. The first-order valence-electron chi connectivity index (χ1n) is 7.49. The summed E-state index contributed by atoms with van der Waals surface area (Å²) in [4.78, 5) is 0. The monoisotopic (exact) mass is 240 g/mol. The summed E-state index contributed by atoms with van der Waals surface area (Å²) in [6, 6.07) is 0. The lowest BCUT2D eigenvalue weighted by molar-refractivity contribution is -0.0884. The highest BCUT2D eigenvalue weighted by atomic mass is 16.3. The molecule has 2 aliphatic rings. The Morgan fingerprint density at radius 3 is 1.82 bits per heavy atom. The maximum atomic E-state index is 10.7. The SMILES string of the molecule is CC(CC1(O)CCCCC1)C1(O)CCCCC1. The molecular weight excluding hydrogens is 212 g/mol. The maximum absolute atomic E-state index is 10.7. The molecular formula is C15H28O2. The van der Waals surface area contributed by atoms with E-state index in [2.05, 4.69) is 6.92 Å². The van der Waals surface area contributed by atoms with E-state index in [0.717, 1.165) is 57.8 Å². The van der Waals surface area contributed by atoms with Gasteiger partial charge < -0.3 is 10.2 Å². The summed E-state index contributed by atoms with van der Waals surface area (Å²) in [5.41, 5.74) is -0.976. The lowest BCUT2D eigenvalue weighted by Crippen LogP contribution is -2.44. The van der Waals surface area contributed by atoms with Crippen molar-refractivity contribution in [2.45, 2.75) is 88.8 Å². The van der Waals surface area contributed by atoms with Crippen LogP contribution < -0.4 is 0 Å². The van der Waals surface area contributed by atoms with Crippen LogP contribution in [0.1, 0.15) is 77.6 Å². The quantitative estimate of drug-likeness (QED) is 0.793. The molecule has 2 N–H and O–H groups in total. The molecule has 0 radical (unpaired) electrons. The van der Waals surface area contributed by atoms with Gasteiger partial charge in [0.1, 0.15) is 0 Å². The molecule has 0 aromatic carbocycles. The minimum atomic E-state index is -0.495. The highest BCUT2D eigenvalue weighted by Gasteiger charge is 2.40. The van der Waals surface area contributed by atoms with Crippen LogP contribution in [0.25, 0.3) is 0 Å². The Bertz CT molecular complexity index is 237. The Hall–Kier alpha value is -0.0800. The van der Waals surface area contributed by atoms with Gasteiger partial charge in [0.15, 0.2) is 0 Å². The Morgan fingerprint density at radius 2 is 1.29 bits per heavy atom. The van der Waals surface area contributed by atoms with Gasteiger partial charge in [-0.2, -0.15) is 0 Å². The predicted octanol–water partition coefficient (Wildman–Crippen LogP) is 3.40. The molecule has 2 saturated carbocycles. The molecule has 0 aliphatic heterocycles. The molecule has 2 nitrogen and oxygen atoms in total. The van der Waals surface area contributed by atoms with Crippen molar-refractivity contribution in [1.82, 2.24) is 0 Å². The molecule has 2 rings (SSSR count). The van der Waals surface area contributed by atoms with Gasteiger partial charge in [0.25, 0.3) is 0 Å². The molecule has 2 aliphatic carbocycles. The van der Waals surface area contributed by atoms with Crippen molar-refractivity contribution in [1.29, 1.82) is 0 Å². The first-order valence-corrected chi connectivity index (χ1v) is 7.49. The van der Waals surface area contributed by atoms with Gasteiger partial charge in [0.05, 0.1) is 11.2 Å². The van der Waals surface area contributed by atoms with Crippen LogP contribution in [0, 0.1) is 5.92 Å². The number of aliphatic hydroxyl groups is 2. The first kappa shape index (κ1) is 13.4. The van der Waals surface area contributed by atoms with E-state index in [1.807, 2.05) is 0 Å². The molecule has 1 atom stereocenters. The molecule has 0 saturated heterocycles. The summed E-state index contributed by atoms with van der Waals surface area (Å²) in [6.07, 6.45) is 11.7. The fourth-order valence-electron chi connectivity index (χ4n) is 3.83. The van der Waals surface area contributed by atoms with Gasteiger partial charge in [0.2, 0.25) is 0 Å². The van der Waals surface area contributed by atoms with E-state index in [1.54, 1.807) is 0 Å². The van der Waals surface area contributed by atoms with Gasteiger partial charge in [-0.15, -0.1) is 0 Å². The van der Waals surface area contributed by atoms with Crippen molar-refractivity contribution in [3.63, 3.8) is 0 Å². The van der Waals surface area contributed by atoms with E-state index >= 15 is 0 Å². The molecule has 17 heavy (non-hydrogen) atoms. The predicted molar refractivity (Wildman–Crippen MR) is 69.9 cm³/mol. The van der Waals surface area contributed by atoms with Crippen molar-refractivity contribution in [2.24, 2.45) is 5.92 Å². The lowest BCUT2D eigenvalue weighted by Gasteiger charge is -2.42. The molecule has 0 heterocycles. The summed E-state index contributed by atoms with van der Waals surface area (Å²) in [5, 5.41) is 21.2. The van der Waals surface area contributed by atoms with Gasteiger partial charge in [-0.1, -0.05) is 45.4 Å². The highest BCUT2D eigenvalue weighted by Crippen LogP contribution is 2.41. The number of hydrogen-bond donors (Lipinski definition) is 2. The van der Waals surface area contributed by atoms with Crippen LogP contribution in [0.15, 0.2) is 0 Å². The standard InChI is InChI=1S/C15H28O2/c1-13(15(17)10-6-3-7-11-15)12-14(16)8-4-2-5-9-14/h13,16-17H,2-12H2,1H3. The molecule has 1 unspecified atom stereocenters. The summed E-state index contributed by atoms with van der Waals surface area (Å²) in [5.74, 6) is 0.242. The third-order valence-corrected chi connectivity index (χ3v) is 5.11. The van der Waals surface area contributed by atoms with Crippen LogP contribution in [-0.4, -0.2) is 21.4 Å². The van der Waals surface area contributed by atoms with Gasteiger partial charge in [0, 0.05) is 0 Å². The second-order valence-corrected chi connectivity index (χ2v) is 6.55. The Morgan fingerprint density at radius 1 is 0.824 bits per heavy atom. The van der Waals surface area contributed by atoms with Gasteiger partial charge in [-0.25, -0.2) is 0 Å². The van der Waals surface area contributed by atoms with E-state index in [4.69, 9.17) is 0 Å². The minimum Gasteiger partial charge on any atom is -0.390 e. The van der Waals surface area contributed by atoms with Crippen molar-refractivity contribution in [3.8, 4) is 0 Å².